The highest BCUT2D eigenvalue weighted by molar-refractivity contribution is 5.76. The second kappa shape index (κ2) is 66.1. The fourth-order valence-electron chi connectivity index (χ4n) is 11.2. The molecule has 6 heteroatoms. The van der Waals surface area contributed by atoms with E-state index in [-0.39, 0.29) is 18.5 Å². The molecular formula is C70H137NO5. The van der Waals surface area contributed by atoms with Gasteiger partial charge in [0.25, 0.3) is 0 Å². The maximum atomic E-state index is 12.5. The number of nitrogens with one attached hydrogen (secondary N) is 1. The number of unbranched alkanes of at least 4 members (excludes halogenated alkanes) is 53. The number of rotatable bonds is 66. The van der Waals surface area contributed by atoms with Crippen LogP contribution in [0.1, 0.15) is 399 Å². The molecule has 0 heterocycles. The van der Waals surface area contributed by atoms with Gasteiger partial charge in [-0.05, 0) is 44.9 Å². The summed E-state index contributed by atoms with van der Waals surface area (Å²) in [5.41, 5.74) is 0. The Morgan fingerprint density at radius 2 is 0.632 bits per heavy atom. The van der Waals surface area contributed by atoms with Crippen molar-refractivity contribution in [2.75, 3.05) is 13.2 Å². The van der Waals surface area contributed by atoms with Gasteiger partial charge in [-0.1, -0.05) is 353 Å². The number of amides is 1. The third-order valence-electron chi connectivity index (χ3n) is 16.6. The fraction of sp³-hybridized carbons (Fsp3) is 0.943. The average molecular weight is 1070 g/mol. The van der Waals surface area contributed by atoms with Gasteiger partial charge >= 0.3 is 5.97 Å². The Morgan fingerprint density at radius 3 is 0.974 bits per heavy atom. The molecule has 2 atom stereocenters. The summed E-state index contributed by atoms with van der Waals surface area (Å²) < 4.78 is 5.47. The van der Waals surface area contributed by atoms with Crippen molar-refractivity contribution in [2.24, 2.45) is 0 Å². The molecule has 1 amide bonds. The summed E-state index contributed by atoms with van der Waals surface area (Å²) in [5.74, 6) is -0.0196. The first-order valence-corrected chi connectivity index (χ1v) is 34.9. The Morgan fingerprint density at radius 1 is 0.355 bits per heavy atom. The van der Waals surface area contributed by atoms with Gasteiger partial charge < -0.3 is 20.3 Å². The van der Waals surface area contributed by atoms with Gasteiger partial charge in [0.2, 0.25) is 5.91 Å². The largest absolute Gasteiger partial charge is 0.466 e. The number of hydrogen-bond donors (Lipinski definition) is 3. The van der Waals surface area contributed by atoms with Crippen molar-refractivity contribution >= 4 is 11.9 Å². The lowest BCUT2D eigenvalue weighted by Gasteiger charge is -2.22. The van der Waals surface area contributed by atoms with Gasteiger partial charge in [-0.25, -0.2) is 0 Å². The summed E-state index contributed by atoms with van der Waals surface area (Å²) in [6.45, 7) is 4.96. The molecule has 0 aromatic rings. The molecule has 0 radical (unpaired) electrons. The molecule has 0 fully saturated rings. The molecular weight excluding hydrogens is 935 g/mol. The average Bonchev–Trinajstić information content (AvgIpc) is 3.42. The third kappa shape index (κ3) is 61.8. The zero-order valence-corrected chi connectivity index (χ0v) is 51.8. The third-order valence-corrected chi connectivity index (χ3v) is 16.6. The van der Waals surface area contributed by atoms with Crippen LogP contribution in [0.3, 0.4) is 0 Å². The number of esters is 1. The summed E-state index contributed by atoms with van der Waals surface area (Å²) in [6, 6.07) is -0.540. The molecule has 452 valence electrons. The van der Waals surface area contributed by atoms with Crippen LogP contribution in [0, 0.1) is 0 Å². The first-order valence-electron chi connectivity index (χ1n) is 34.9. The predicted octanol–water partition coefficient (Wildman–Crippen LogP) is 22.4. The van der Waals surface area contributed by atoms with Crippen molar-refractivity contribution in [3.63, 3.8) is 0 Å². The fourth-order valence-corrected chi connectivity index (χ4v) is 11.2. The van der Waals surface area contributed by atoms with Gasteiger partial charge in [0.15, 0.2) is 0 Å². The van der Waals surface area contributed by atoms with Gasteiger partial charge in [0, 0.05) is 12.8 Å². The molecule has 0 aliphatic rings. The van der Waals surface area contributed by atoms with Crippen molar-refractivity contribution in [1.29, 1.82) is 0 Å². The van der Waals surface area contributed by atoms with Gasteiger partial charge in [-0.2, -0.15) is 0 Å². The SMILES string of the molecule is CCCC/C=C\CCCCCCCC(=O)OCCCCCCCCCCCCCCCCCCCCCCCCCCCCCC(=O)NC(CO)C(O)CCCCCCCCCCCCCCCCCCCCCCC. The molecule has 0 aromatic heterocycles. The smallest absolute Gasteiger partial charge is 0.305 e. The van der Waals surface area contributed by atoms with E-state index in [2.05, 4.69) is 31.3 Å². The van der Waals surface area contributed by atoms with E-state index >= 15 is 0 Å². The number of aliphatic hydroxyl groups excluding tert-OH is 2. The van der Waals surface area contributed by atoms with Crippen LogP contribution in [0.2, 0.25) is 0 Å². The molecule has 2 unspecified atom stereocenters. The standard InChI is InChI=1S/C70H137NO5/c1-3-5-7-9-11-13-15-16-17-18-19-27-30-33-36-39-43-46-50-54-58-62-68(73)67(66-72)71-69(74)63-59-55-51-47-44-40-37-34-31-28-25-23-21-20-22-24-26-29-32-35-38-41-45-49-53-57-61-65-76-70(75)64-60-56-52-48-42-14-12-10-8-6-4-2/h10,12,67-68,72-73H,3-9,11,13-66H2,1-2H3,(H,71,74)/b12-10-. The zero-order chi connectivity index (χ0) is 55.0. The Kier molecular flexibility index (Phi) is 64.9. The number of ether oxygens (including phenoxy) is 1. The molecule has 3 N–H and O–H groups in total. The van der Waals surface area contributed by atoms with E-state index in [1.807, 2.05) is 0 Å². The van der Waals surface area contributed by atoms with Gasteiger partial charge in [0.1, 0.15) is 0 Å². The number of aliphatic hydroxyl groups is 2. The summed E-state index contributed by atoms with van der Waals surface area (Å²) in [4.78, 5) is 24.5. The van der Waals surface area contributed by atoms with Crippen LogP contribution in [-0.4, -0.2) is 47.4 Å². The Hall–Kier alpha value is -1.40. The van der Waals surface area contributed by atoms with E-state index < -0.39 is 12.1 Å². The van der Waals surface area contributed by atoms with Crippen molar-refractivity contribution in [2.45, 2.75) is 411 Å². The second-order valence-electron chi connectivity index (χ2n) is 24.2. The Bertz CT molecular complexity index is 1140. The highest BCUT2D eigenvalue weighted by Crippen LogP contribution is 2.19. The lowest BCUT2D eigenvalue weighted by atomic mass is 10.0. The monoisotopic (exact) mass is 1070 g/mol. The lowest BCUT2D eigenvalue weighted by molar-refractivity contribution is -0.143. The summed E-state index contributed by atoms with van der Waals surface area (Å²) in [6.07, 6.45) is 81.2. The van der Waals surface area contributed by atoms with E-state index in [4.69, 9.17) is 4.74 Å². The maximum absolute atomic E-state index is 12.5. The molecule has 6 nitrogen and oxygen atoms in total. The minimum atomic E-state index is -0.663. The Balaban J connectivity index is 3.35. The van der Waals surface area contributed by atoms with E-state index in [9.17, 15) is 19.8 Å². The molecule has 0 aliphatic heterocycles. The van der Waals surface area contributed by atoms with Crippen LogP contribution in [0.4, 0.5) is 0 Å². The van der Waals surface area contributed by atoms with Crippen LogP contribution < -0.4 is 5.32 Å². The minimum absolute atomic E-state index is 0.00785. The van der Waals surface area contributed by atoms with E-state index in [1.165, 1.54) is 321 Å². The number of allylic oxidation sites excluding steroid dienone is 2. The quantitative estimate of drug-likeness (QED) is 0.0320. The van der Waals surface area contributed by atoms with E-state index in [0.29, 0.717) is 25.9 Å². The Labute approximate surface area is 476 Å². The van der Waals surface area contributed by atoms with Gasteiger partial charge in [-0.15, -0.1) is 0 Å². The van der Waals surface area contributed by atoms with Crippen LogP contribution in [0.15, 0.2) is 12.2 Å². The molecule has 0 aromatic carbocycles. The second-order valence-corrected chi connectivity index (χ2v) is 24.2. The van der Waals surface area contributed by atoms with Gasteiger partial charge in [0.05, 0.1) is 25.4 Å². The highest BCUT2D eigenvalue weighted by Gasteiger charge is 2.20. The first-order chi connectivity index (χ1) is 37.5. The summed E-state index contributed by atoms with van der Waals surface area (Å²) >= 11 is 0. The summed E-state index contributed by atoms with van der Waals surface area (Å²) in [7, 11) is 0. The molecule has 0 saturated heterocycles. The van der Waals surface area contributed by atoms with Crippen molar-refractivity contribution in [3.05, 3.63) is 12.2 Å². The molecule has 0 saturated carbocycles. The molecule has 0 bridgehead atoms. The van der Waals surface area contributed by atoms with Crippen LogP contribution in [0.25, 0.3) is 0 Å². The van der Waals surface area contributed by atoms with Crippen LogP contribution >= 0.6 is 0 Å². The van der Waals surface area contributed by atoms with Crippen molar-refractivity contribution < 1.29 is 24.5 Å². The topological polar surface area (TPSA) is 95.9 Å². The maximum Gasteiger partial charge on any atom is 0.305 e. The van der Waals surface area contributed by atoms with E-state index in [0.717, 1.165) is 44.9 Å². The zero-order valence-electron chi connectivity index (χ0n) is 51.8. The number of carbonyl (C=O) groups is 2. The van der Waals surface area contributed by atoms with Crippen LogP contribution in [-0.2, 0) is 14.3 Å². The van der Waals surface area contributed by atoms with E-state index in [1.54, 1.807) is 0 Å². The summed E-state index contributed by atoms with van der Waals surface area (Å²) in [5, 5.41) is 23.4. The van der Waals surface area contributed by atoms with Crippen LogP contribution in [0.5, 0.6) is 0 Å². The molecule has 0 rings (SSSR count). The first kappa shape index (κ1) is 74.6. The minimum Gasteiger partial charge on any atom is -0.466 e. The molecule has 0 aliphatic carbocycles. The highest BCUT2D eigenvalue weighted by atomic mass is 16.5. The molecule has 76 heavy (non-hydrogen) atoms. The lowest BCUT2D eigenvalue weighted by Crippen LogP contribution is -2.45. The normalized spacial score (nSPS) is 12.5. The van der Waals surface area contributed by atoms with Crippen molar-refractivity contribution in [1.82, 2.24) is 5.32 Å². The number of hydrogen-bond acceptors (Lipinski definition) is 5. The van der Waals surface area contributed by atoms with Crippen molar-refractivity contribution in [3.8, 4) is 0 Å². The number of carbonyl (C=O) groups excluding carboxylic acids is 2. The van der Waals surface area contributed by atoms with Gasteiger partial charge in [-0.3, -0.25) is 9.59 Å². The molecule has 0 spiro atoms. The predicted molar refractivity (Wildman–Crippen MR) is 333 cm³/mol.